The van der Waals surface area contributed by atoms with Gasteiger partial charge in [-0.25, -0.2) is 0 Å². The molecule has 1 atom stereocenters. The fraction of sp³-hybridized carbons (Fsp3) is 0.400. The Kier molecular flexibility index (Phi) is 19.1. The molecule has 75 heavy (non-hydrogen) atoms. The fourth-order valence-electron chi connectivity index (χ4n) is 11.2. The number of nitrogen functional groups attached to an aromatic ring is 1. The van der Waals surface area contributed by atoms with Gasteiger partial charge in [-0.15, -0.1) is 34.4 Å². The Balaban J connectivity index is 0.000000139. The van der Waals surface area contributed by atoms with Crippen LogP contribution in [0.1, 0.15) is 114 Å². The van der Waals surface area contributed by atoms with Crippen molar-refractivity contribution in [2.45, 2.75) is 107 Å². The molecular weight excluding hydrogens is 989 g/mol. The number of aromatic nitrogens is 3. The van der Waals surface area contributed by atoms with E-state index in [0.717, 1.165) is 63.3 Å². The van der Waals surface area contributed by atoms with Crippen molar-refractivity contribution in [3.63, 3.8) is 0 Å². The van der Waals surface area contributed by atoms with Gasteiger partial charge in [0, 0.05) is 104 Å². The lowest BCUT2D eigenvalue weighted by molar-refractivity contribution is -0.384. The van der Waals surface area contributed by atoms with Gasteiger partial charge >= 0.3 is 0 Å². The first-order valence-corrected chi connectivity index (χ1v) is 29.3. The summed E-state index contributed by atoms with van der Waals surface area (Å²) in [6.07, 6.45) is 24.7. The Morgan fingerprint density at radius 3 is 1.72 bits per heavy atom. The van der Waals surface area contributed by atoms with Gasteiger partial charge < -0.3 is 40.8 Å². The second-order valence-corrected chi connectivity index (χ2v) is 23.8. The maximum atomic E-state index is 10.9. The molecule has 5 heterocycles. The largest absolute Gasteiger partial charge is 0.399 e. The number of aromatic amines is 3. The van der Waals surface area contributed by atoms with Crippen LogP contribution in [-0.2, 0) is 6.42 Å². The maximum Gasteiger partial charge on any atom is 0.270 e. The molecule has 11 rings (SSSR count). The number of fused-ring (bicyclic) bond motifs is 3. The molecule has 7 N–H and O–H groups in total. The number of thioether (sulfide) groups is 1. The highest BCUT2D eigenvalue weighted by molar-refractivity contribution is 8.14. The van der Waals surface area contributed by atoms with Crippen molar-refractivity contribution in [3.05, 3.63) is 156 Å². The third kappa shape index (κ3) is 14.0. The molecule has 0 bridgehead atoms. The number of hydrogen-bond acceptors (Lipinski definition) is 11. The van der Waals surface area contributed by atoms with Crippen molar-refractivity contribution in [2.75, 3.05) is 54.3 Å². The molecule has 3 aromatic carbocycles. The van der Waals surface area contributed by atoms with Gasteiger partial charge in [0.15, 0.2) is 0 Å². The van der Waals surface area contributed by atoms with Gasteiger partial charge in [-0.05, 0) is 213 Å². The maximum absolute atomic E-state index is 10.9. The van der Waals surface area contributed by atoms with Crippen molar-refractivity contribution in [2.24, 2.45) is 0 Å². The Morgan fingerprint density at radius 1 is 0.667 bits per heavy atom. The molecule has 3 aliphatic carbocycles. The van der Waals surface area contributed by atoms with E-state index >= 15 is 0 Å². The Bertz CT molecular complexity index is 3170. The Hall–Kier alpha value is -5.81. The smallest absolute Gasteiger partial charge is 0.270 e. The summed E-state index contributed by atoms with van der Waals surface area (Å²) in [5.41, 5.74) is 17.6. The Morgan fingerprint density at radius 2 is 1.20 bits per heavy atom. The molecule has 0 saturated heterocycles. The van der Waals surface area contributed by atoms with Crippen LogP contribution in [0.4, 0.5) is 11.4 Å². The van der Waals surface area contributed by atoms with Crippen LogP contribution in [0, 0.1) is 20.9 Å². The highest BCUT2D eigenvalue weighted by Crippen LogP contribution is 2.40. The molecule has 2 saturated carbocycles. The van der Waals surface area contributed by atoms with Crippen LogP contribution in [0.15, 0.2) is 114 Å². The lowest BCUT2D eigenvalue weighted by Gasteiger charge is -2.32. The molecule has 8 aromatic rings. The number of thiophene rings is 2. The van der Waals surface area contributed by atoms with Gasteiger partial charge in [0.05, 0.1) is 15.5 Å². The van der Waals surface area contributed by atoms with Crippen molar-refractivity contribution >= 4 is 94.8 Å². The van der Waals surface area contributed by atoms with E-state index in [0.29, 0.717) is 35.1 Å². The third-order valence-electron chi connectivity index (χ3n) is 15.7. The van der Waals surface area contributed by atoms with Crippen molar-refractivity contribution in [3.8, 4) is 0 Å². The van der Waals surface area contributed by atoms with Crippen LogP contribution in [-0.4, -0.2) is 112 Å². The number of nitrogens with two attached hydrogens (primary N) is 1. The molecule has 0 amide bonds. The number of benzene rings is 3. The minimum Gasteiger partial charge on any atom is -0.399 e. The van der Waals surface area contributed by atoms with Gasteiger partial charge in [-0.1, -0.05) is 24.3 Å². The number of H-pyrrole nitrogens is 3. The monoisotopic (exact) mass is 1060 g/mol. The second kappa shape index (κ2) is 25.8. The zero-order valence-electron chi connectivity index (χ0n) is 44.7. The number of rotatable bonds is 11. The fourth-order valence-corrected chi connectivity index (χ4v) is 13.1. The molecule has 396 valence electrons. The summed E-state index contributed by atoms with van der Waals surface area (Å²) in [6, 6.07) is 27.9. The van der Waals surface area contributed by atoms with Gasteiger partial charge in [-0.2, -0.15) is 0 Å². The zero-order valence-corrected chi connectivity index (χ0v) is 47.2. The number of nitro benzene ring substituents is 1. The lowest BCUT2D eigenvalue weighted by Crippen LogP contribution is -2.31. The van der Waals surface area contributed by atoms with E-state index in [1.807, 2.05) is 53.5 Å². The molecule has 5 aromatic heterocycles. The summed E-state index contributed by atoms with van der Waals surface area (Å²) in [6.45, 7) is 0. The molecule has 3 aliphatic rings. The van der Waals surface area contributed by atoms with Crippen LogP contribution in [0.5, 0.6) is 0 Å². The van der Waals surface area contributed by atoms with E-state index < -0.39 is 0 Å². The van der Waals surface area contributed by atoms with Crippen LogP contribution in [0.3, 0.4) is 0 Å². The number of anilines is 1. The standard InChI is InChI=1S/C22H27N3S.C16H19N3O2.C16H23N3.C6H7NS2/c1-25(2)17-8-6-16(7-9-17)19-14-24-21-10-5-15(12-18(19)21)13-20(23)22-4-3-11-26-22;1-18(2)12-5-3-11(4-6-12)15-10-17-16-8-7-13(19(20)21)9-14(15)16;1-19(2)13-6-3-11(4-7-13)15-10-18-16-8-5-12(17)9-14(15)16;1-8-6(7)5-3-2-4-9-5/h3-5,10-12,14,16-17,23-24H,6-9,13H2,1-2H3;3,7-10,12,17H,4-6H2,1-2H3;5,8-11,13,18H,3-4,6-7,17H2,1-2H3;2-4,7H,1H3. The number of nitrogens with one attached hydrogen (secondary N) is 5. The third-order valence-corrected chi connectivity index (χ3v) is 18.3. The second-order valence-electron chi connectivity index (χ2n) is 21.1. The minimum absolute atomic E-state index is 0.144. The predicted octanol–water partition coefficient (Wildman–Crippen LogP) is 14.8. The van der Waals surface area contributed by atoms with E-state index in [1.54, 1.807) is 40.9 Å². The topological polar surface area (TPSA) is 174 Å². The van der Waals surface area contributed by atoms with Crippen LogP contribution in [0.2, 0.25) is 0 Å². The van der Waals surface area contributed by atoms with Crippen LogP contribution in [0.25, 0.3) is 38.3 Å². The van der Waals surface area contributed by atoms with Crippen LogP contribution < -0.4 is 5.73 Å². The van der Waals surface area contributed by atoms with E-state index in [-0.39, 0.29) is 10.6 Å². The molecule has 1 unspecified atom stereocenters. The summed E-state index contributed by atoms with van der Waals surface area (Å²) in [7, 11) is 13.0. The summed E-state index contributed by atoms with van der Waals surface area (Å²) >= 11 is 4.74. The van der Waals surface area contributed by atoms with Crippen LogP contribution >= 0.6 is 34.4 Å². The number of nitrogens with zero attached hydrogens (tertiary/aromatic N) is 4. The van der Waals surface area contributed by atoms with Crippen molar-refractivity contribution < 1.29 is 4.92 Å². The number of hydrogen-bond donors (Lipinski definition) is 6. The molecule has 0 aliphatic heterocycles. The molecule has 12 nitrogen and oxygen atoms in total. The van der Waals surface area contributed by atoms with E-state index in [4.69, 9.17) is 16.6 Å². The van der Waals surface area contributed by atoms with E-state index in [9.17, 15) is 10.1 Å². The number of nitro groups is 1. The van der Waals surface area contributed by atoms with Gasteiger partial charge in [-0.3, -0.25) is 15.5 Å². The number of non-ortho nitro benzene ring substituents is 1. The van der Waals surface area contributed by atoms with Gasteiger partial charge in [0.2, 0.25) is 0 Å². The van der Waals surface area contributed by atoms with Gasteiger partial charge in [0.1, 0.15) is 5.04 Å². The van der Waals surface area contributed by atoms with Gasteiger partial charge in [0.25, 0.3) is 5.69 Å². The van der Waals surface area contributed by atoms with E-state index in [2.05, 4.69) is 121 Å². The molecule has 2 fully saturated rings. The first-order valence-electron chi connectivity index (χ1n) is 26.4. The summed E-state index contributed by atoms with van der Waals surface area (Å²) in [5.74, 6) is 1.35. The normalized spacial score (nSPS) is 19.8. The first kappa shape index (κ1) is 55.4. The van der Waals surface area contributed by atoms with Crippen molar-refractivity contribution in [1.29, 1.82) is 10.8 Å². The SMILES string of the molecule is CN(C)C1CC=C(c2c[nH]c3ccc([N+](=O)[O-])cc23)CC1.CN(C)C1CCC(c2c[nH]c3ccc(CC(=N)c4cccs4)cc23)CC1.CN(C)C1CCC(c2c[nH]c3ccc(N)cc23)CC1.CSC(=N)c1cccs1. The number of allylic oxidation sites excluding steroid dienone is 1. The van der Waals surface area contributed by atoms with Crippen molar-refractivity contribution in [1.82, 2.24) is 29.7 Å². The Labute approximate surface area is 455 Å². The molecule has 0 spiro atoms. The highest BCUT2D eigenvalue weighted by Gasteiger charge is 2.27. The lowest BCUT2D eigenvalue weighted by atomic mass is 9.81. The average Bonchev–Trinajstić information content (AvgIpc) is 4.30. The minimum atomic E-state index is -0.340. The predicted molar refractivity (Wildman–Crippen MR) is 322 cm³/mol. The van der Waals surface area contributed by atoms with E-state index in [1.165, 1.54) is 107 Å². The first-order chi connectivity index (χ1) is 36.2. The summed E-state index contributed by atoms with van der Waals surface area (Å²) < 4.78 is 0. The molecule has 0 radical (unpaired) electrons. The average molecular weight is 1070 g/mol. The quantitative estimate of drug-likeness (QED) is 0.0246. The summed E-state index contributed by atoms with van der Waals surface area (Å²) in [4.78, 5) is 29.8. The molecular formula is C60H76N10O2S3. The molecule has 15 heteroatoms. The zero-order chi connectivity index (χ0) is 53.2. The highest BCUT2D eigenvalue weighted by atomic mass is 32.2. The summed E-state index contributed by atoms with van der Waals surface area (Å²) in [5, 5.41) is 35.0.